The van der Waals surface area contributed by atoms with Crippen LogP contribution in [-0.4, -0.2) is 36.8 Å². The van der Waals surface area contributed by atoms with E-state index in [1.807, 2.05) is 52.2 Å². The molecule has 1 rings (SSSR count). The Balaban J connectivity index is 0.00000137. The van der Waals surface area contributed by atoms with Gasteiger partial charge in [-0.05, 0) is 57.5 Å². The van der Waals surface area contributed by atoms with Gasteiger partial charge in [0.15, 0.2) is 0 Å². The highest BCUT2D eigenvalue weighted by atomic mass is 32.1. The van der Waals surface area contributed by atoms with Crippen LogP contribution in [-0.2, 0) is 0 Å². The first-order valence-electron chi connectivity index (χ1n) is 6.10. The molecule has 0 saturated heterocycles. The molecule has 100 valence electrons. The van der Waals surface area contributed by atoms with Crippen LogP contribution in [0.5, 0.6) is 5.75 Å². The summed E-state index contributed by atoms with van der Waals surface area (Å²) in [5.74, 6) is 0.844. The Kier molecular flexibility index (Phi) is 9.11. The number of rotatable bonds is 5. The fourth-order valence-electron chi connectivity index (χ4n) is 1.04. The van der Waals surface area contributed by atoms with Crippen LogP contribution >= 0.6 is 12.2 Å². The van der Waals surface area contributed by atoms with Gasteiger partial charge in [0.25, 0.3) is 0 Å². The topological polar surface area (TPSA) is 24.8 Å². The van der Waals surface area contributed by atoms with E-state index in [0.717, 1.165) is 11.4 Å². The number of isothiocyanates is 1. The molecular weight excluding hydrogens is 244 g/mol. The van der Waals surface area contributed by atoms with Crippen molar-refractivity contribution in [3.8, 4) is 5.75 Å². The number of hydrogen-bond acceptors (Lipinski definition) is 4. The van der Waals surface area contributed by atoms with Crippen LogP contribution in [0.3, 0.4) is 0 Å². The molecule has 1 atom stereocenters. The van der Waals surface area contributed by atoms with Crippen molar-refractivity contribution in [3.05, 3.63) is 24.3 Å². The molecule has 0 fully saturated rings. The standard InChI is InChI=1S/C12H16N2OS.C2H6/c1-10(14(2)3)8-15-12-6-4-11(5-7-12)13-9-16;1-2/h4-7,10H,8H2,1-3H3;1-2H3. The van der Waals surface area contributed by atoms with Crippen molar-refractivity contribution in [1.29, 1.82) is 0 Å². The lowest BCUT2D eigenvalue weighted by molar-refractivity contribution is 0.198. The first kappa shape index (κ1) is 16.8. The van der Waals surface area contributed by atoms with Gasteiger partial charge in [-0.3, -0.25) is 0 Å². The molecule has 4 heteroatoms. The first-order chi connectivity index (χ1) is 8.63. The molecule has 1 aromatic carbocycles. The summed E-state index contributed by atoms with van der Waals surface area (Å²) >= 11 is 4.53. The minimum absolute atomic E-state index is 0.388. The lowest BCUT2D eigenvalue weighted by atomic mass is 10.3. The van der Waals surface area contributed by atoms with Crippen LogP contribution in [0.1, 0.15) is 20.8 Å². The highest BCUT2D eigenvalue weighted by Gasteiger charge is 2.04. The molecule has 0 heterocycles. The number of thiocarbonyl (C=S) groups is 1. The molecule has 1 aromatic rings. The molecule has 18 heavy (non-hydrogen) atoms. The van der Waals surface area contributed by atoms with Crippen LogP contribution < -0.4 is 4.74 Å². The van der Waals surface area contributed by atoms with Gasteiger partial charge in [-0.2, -0.15) is 4.99 Å². The van der Waals surface area contributed by atoms with E-state index in [0.29, 0.717) is 12.6 Å². The summed E-state index contributed by atoms with van der Waals surface area (Å²) < 4.78 is 5.63. The Hall–Kier alpha value is -1.22. The monoisotopic (exact) mass is 266 g/mol. The smallest absolute Gasteiger partial charge is 0.119 e. The van der Waals surface area contributed by atoms with Gasteiger partial charge in [0.1, 0.15) is 12.4 Å². The largest absolute Gasteiger partial charge is 0.492 e. The van der Waals surface area contributed by atoms with Crippen molar-refractivity contribution in [2.45, 2.75) is 26.8 Å². The van der Waals surface area contributed by atoms with E-state index in [9.17, 15) is 0 Å². The molecule has 0 aliphatic rings. The van der Waals surface area contributed by atoms with Crippen molar-refractivity contribution in [2.75, 3.05) is 20.7 Å². The molecule has 0 bridgehead atoms. The van der Waals surface area contributed by atoms with Gasteiger partial charge >= 0.3 is 0 Å². The molecule has 0 aliphatic heterocycles. The zero-order chi connectivity index (χ0) is 14.0. The highest BCUT2D eigenvalue weighted by Crippen LogP contribution is 2.17. The Bertz CT molecular complexity index is 370. The number of ether oxygens (including phenoxy) is 1. The third kappa shape index (κ3) is 6.50. The maximum absolute atomic E-state index is 5.63. The van der Waals surface area contributed by atoms with Crippen LogP contribution in [0.4, 0.5) is 5.69 Å². The average molecular weight is 266 g/mol. The van der Waals surface area contributed by atoms with E-state index in [1.165, 1.54) is 0 Å². The van der Waals surface area contributed by atoms with Crippen molar-refractivity contribution in [3.63, 3.8) is 0 Å². The number of aliphatic imine (C=N–C) groups is 1. The molecule has 0 saturated carbocycles. The normalized spacial score (nSPS) is 11.0. The Morgan fingerprint density at radius 1 is 1.28 bits per heavy atom. The van der Waals surface area contributed by atoms with Crippen LogP contribution in [0, 0.1) is 0 Å². The zero-order valence-electron chi connectivity index (χ0n) is 11.8. The second kappa shape index (κ2) is 9.77. The second-order valence-corrected chi connectivity index (χ2v) is 4.00. The number of likely N-dealkylation sites (N-methyl/N-ethyl adjacent to an activating group) is 1. The number of benzene rings is 1. The molecule has 0 aromatic heterocycles. The molecule has 0 N–H and O–H groups in total. The van der Waals surface area contributed by atoms with Gasteiger partial charge in [0.05, 0.1) is 10.8 Å². The minimum atomic E-state index is 0.388. The predicted molar refractivity (Wildman–Crippen MR) is 81.1 cm³/mol. The van der Waals surface area contributed by atoms with Gasteiger partial charge in [0.2, 0.25) is 0 Å². The van der Waals surface area contributed by atoms with Gasteiger partial charge in [-0.15, -0.1) is 0 Å². The quantitative estimate of drug-likeness (QED) is 0.599. The molecular formula is C14H22N2OS. The summed E-state index contributed by atoms with van der Waals surface area (Å²) in [5, 5.41) is 2.33. The lowest BCUT2D eigenvalue weighted by Crippen LogP contribution is -2.30. The Morgan fingerprint density at radius 3 is 2.28 bits per heavy atom. The maximum Gasteiger partial charge on any atom is 0.119 e. The number of nitrogens with zero attached hydrogens (tertiary/aromatic N) is 2. The van der Waals surface area contributed by atoms with Gasteiger partial charge in [-0.1, -0.05) is 13.8 Å². The van der Waals surface area contributed by atoms with Crippen LogP contribution in [0.25, 0.3) is 0 Å². The van der Waals surface area contributed by atoms with Crippen LogP contribution in [0.2, 0.25) is 0 Å². The molecule has 1 unspecified atom stereocenters. The SMILES string of the molecule is CC.CC(COc1ccc(N=C=S)cc1)N(C)C. The van der Waals surface area contributed by atoms with Crippen molar-refractivity contribution in [1.82, 2.24) is 4.90 Å². The number of hydrogen-bond donors (Lipinski definition) is 0. The zero-order valence-corrected chi connectivity index (χ0v) is 12.6. The van der Waals surface area contributed by atoms with E-state index in [2.05, 4.69) is 34.2 Å². The van der Waals surface area contributed by atoms with Gasteiger partial charge < -0.3 is 9.64 Å². The summed E-state index contributed by atoms with van der Waals surface area (Å²) in [6.45, 7) is 6.79. The van der Waals surface area contributed by atoms with E-state index >= 15 is 0 Å². The summed E-state index contributed by atoms with van der Waals surface area (Å²) in [4.78, 5) is 5.99. The molecule has 3 nitrogen and oxygen atoms in total. The molecule has 0 amide bonds. The molecule has 0 radical (unpaired) electrons. The van der Waals surface area contributed by atoms with Gasteiger partial charge in [-0.25, -0.2) is 0 Å². The maximum atomic E-state index is 5.63. The van der Waals surface area contributed by atoms with Gasteiger partial charge in [0, 0.05) is 6.04 Å². The Morgan fingerprint density at radius 2 is 1.83 bits per heavy atom. The third-order valence-electron chi connectivity index (χ3n) is 2.38. The fourth-order valence-corrected chi connectivity index (χ4v) is 1.14. The third-order valence-corrected chi connectivity index (χ3v) is 2.48. The summed E-state index contributed by atoms with van der Waals surface area (Å²) in [6.07, 6.45) is 0. The average Bonchev–Trinajstić information content (AvgIpc) is 2.40. The van der Waals surface area contributed by atoms with E-state index < -0.39 is 0 Å². The minimum Gasteiger partial charge on any atom is -0.492 e. The van der Waals surface area contributed by atoms with E-state index in [-0.39, 0.29) is 0 Å². The molecule has 0 aliphatic carbocycles. The summed E-state index contributed by atoms with van der Waals surface area (Å²) in [6, 6.07) is 7.87. The fraction of sp³-hybridized carbons (Fsp3) is 0.500. The van der Waals surface area contributed by atoms with E-state index in [1.54, 1.807) is 0 Å². The second-order valence-electron chi connectivity index (χ2n) is 3.82. The van der Waals surface area contributed by atoms with E-state index in [4.69, 9.17) is 4.74 Å². The van der Waals surface area contributed by atoms with Crippen molar-refractivity contribution < 1.29 is 4.74 Å². The highest BCUT2D eigenvalue weighted by molar-refractivity contribution is 7.78. The summed E-state index contributed by atoms with van der Waals surface area (Å²) in [7, 11) is 4.07. The molecule has 0 spiro atoms. The predicted octanol–water partition coefficient (Wildman–Crippen LogP) is 3.78. The van der Waals surface area contributed by atoms with Crippen LogP contribution in [0.15, 0.2) is 29.3 Å². The van der Waals surface area contributed by atoms with Crippen molar-refractivity contribution >= 4 is 23.1 Å². The summed E-state index contributed by atoms with van der Waals surface area (Å²) in [5.41, 5.74) is 0.794. The lowest BCUT2D eigenvalue weighted by Gasteiger charge is -2.19. The first-order valence-corrected chi connectivity index (χ1v) is 6.51. The van der Waals surface area contributed by atoms with Crippen molar-refractivity contribution in [2.24, 2.45) is 4.99 Å². The Labute approximate surface area is 115 Å².